The first kappa shape index (κ1) is 20.3. The Morgan fingerprint density at radius 3 is 2.67 bits per heavy atom. The van der Waals surface area contributed by atoms with E-state index in [0.29, 0.717) is 19.8 Å². The highest BCUT2D eigenvalue weighted by atomic mass is 79.9. The number of halogens is 1. The fourth-order valence-corrected chi connectivity index (χ4v) is 4.12. The van der Waals surface area contributed by atoms with Gasteiger partial charge < -0.3 is 14.6 Å². The smallest absolute Gasteiger partial charge is 0.125 e. The van der Waals surface area contributed by atoms with Crippen LogP contribution in [0.1, 0.15) is 28.4 Å². The van der Waals surface area contributed by atoms with E-state index in [1.54, 1.807) is 0 Å². The molecule has 0 saturated carbocycles. The van der Waals surface area contributed by atoms with Gasteiger partial charge in [0.05, 0.1) is 12.7 Å². The lowest BCUT2D eigenvalue weighted by atomic mass is 10.1. The fraction of sp³-hybridized carbons (Fsp3) is 0.455. The van der Waals surface area contributed by atoms with E-state index in [-0.39, 0.29) is 6.10 Å². The van der Waals surface area contributed by atoms with Crippen LogP contribution in [0, 0.1) is 20.8 Å². The predicted molar refractivity (Wildman–Crippen MR) is 111 cm³/mol. The minimum Gasteiger partial charge on any atom is -0.490 e. The Hall–Kier alpha value is -1.40. The Bertz CT molecular complexity index is 757. The summed E-state index contributed by atoms with van der Waals surface area (Å²) in [7, 11) is 0. The van der Waals surface area contributed by atoms with E-state index in [1.165, 1.54) is 5.56 Å². The zero-order valence-corrected chi connectivity index (χ0v) is 17.8. The van der Waals surface area contributed by atoms with E-state index in [9.17, 15) is 5.11 Å². The number of ether oxygens (including phenoxy) is 2. The van der Waals surface area contributed by atoms with Gasteiger partial charge in [0.15, 0.2) is 0 Å². The molecule has 1 saturated heterocycles. The van der Waals surface area contributed by atoms with Gasteiger partial charge in [-0.3, -0.25) is 4.90 Å². The summed E-state index contributed by atoms with van der Waals surface area (Å²) in [5.74, 6) is 0.883. The summed E-state index contributed by atoms with van der Waals surface area (Å²) in [5, 5.41) is 10.5. The molecule has 3 rings (SSSR count). The molecular formula is C22H28BrNO3. The van der Waals surface area contributed by atoms with Gasteiger partial charge in [0.1, 0.15) is 18.5 Å². The fourth-order valence-electron chi connectivity index (χ4n) is 3.70. The topological polar surface area (TPSA) is 41.9 Å². The lowest BCUT2D eigenvalue weighted by molar-refractivity contribution is -0.0460. The van der Waals surface area contributed by atoms with Gasteiger partial charge in [-0.1, -0.05) is 45.8 Å². The molecule has 1 N–H and O–H groups in total. The average molecular weight is 434 g/mol. The maximum atomic E-state index is 10.5. The number of β-amino-alcohol motifs (C(OH)–C–C–N with tert-alkyl or cyclic N) is 1. The molecule has 0 amide bonds. The summed E-state index contributed by atoms with van der Waals surface area (Å²) in [6.07, 6.45) is -0.502. The summed E-state index contributed by atoms with van der Waals surface area (Å²) in [4.78, 5) is 2.25. The average Bonchev–Trinajstić information content (AvgIpc) is 2.61. The van der Waals surface area contributed by atoms with Crippen molar-refractivity contribution in [1.29, 1.82) is 0 Å². The maximum Gasteiger partial charge on any atom is 0.125 e. The summed E-state index contributed by atoms with van der Waals surface area (Å²) in [5.41, 5.74) is 4.61. The van der Waals surface area contributed by atoms with Crippen molar-refractivity contribution in [3.05, 3.63) is 63.1 Å². The first-order valence-electron chi connectivity index (χ1n) is 9.40. The van der Waals surface area contributed by atoms with Crippen molar-refractivity contribution in [3.8, 4) is 5.75 Å². The summed E-state index contributed by atoms with van der Waals surface area (Å²) in [6, 6.07) is 12.4. The van der Waals surface area contributed by atoms with E-state index >= 15 is 0 Å². The molecular weight excluding hydrogens is 406 g/mol. The molecule has 146 valence electrons. The van der Waals surface area contributed by atoms with Crippen LogP contribution in [-0.2, 0) is 4.74 Å². The second-order valence-electron chi connectivity index (χ2n) is 7.37. The predicted octanol–water partition coefficient (Wildman–Crippen LogP) is 4.19. The monoisotopic (exact) mass is 433 g/mol. The van der Waals surface area contributed by atoms with E-state index in [4.69, 9.17) is 9.47 Å². The molecule has 2 aromatic carbocycles. The van der Waals surface area contributed by atoms with Crippen LogP contribution in [0.3, 0.4) is 0 Å². The Morgan fingerprint density at radius 2 is 1.96 bits per heavy atom. The van der Waals surface area contributed by atoms with Gasteiger partial charge in [-0.15, -0.1) is 0 Å². The van der Waals surface area contributed by atoms with Crippen LogP contribution in [0.15, 0.2) is 40.9 Å². The van der Waals surface area contributed by atoms with Crippen LogP contribution in [0.25, 0.3) is 0 Å². The molecule has 0 aliphatic carbocycles. The molecule has 1 heterocycles. The second kappa shape index (κ2) is 9.20. The third-order valence-electron chi connectivity index (χ3n) is 4.86. The lowest BCUT2D eigenvalue weighted by Gasteiger charge is -2.34. The van der Waals surface area contributed by atoms with Crippen LogP contribution in [0.4, 0.5) is 0 Å². The van der Waals surface area contributed by atoms with Crippen molar-refractivity contribution in [2.24, 2.45) is 0 Å². The molecule has 2 aromatic rings. The summed E-state index contributed by atoms with van der Waals surface area (Å²) < 4.78 is 12.9. The van der Waals surface area contributed by atoms with Gasteiger partial charge >= 0.3 is 0 Å². The first-order chi connectivity index (χ1) is 12.9. The molecule has 0 aromatic heterocycles. The maximum absolute atomic E-state index is 10.5. The number of hydrogen-bond acceptors (Lipinski definition) is 4. The molecule has 0 spiro atoms. The number of morpholine rings is 1. The summed E-state index contributed by atoms with van der Waals surface area (Å²) >= 11 is 3.52. The Kier molecular flexibility index (Phi) is 6.93. The number of nitrogens with zero attached hydrogens (tertiary/aromatic N) is 1. The number of aliphatic hydroxyl groups excluding tert-OH is 1. The highest BCUT2D eigenvalue weighted by Crippen LogP contribution is 2.26. The molecule has 1 aliphatic heterocycles. The van der Waals surface area contributed by atoms with Gasteiger partial charge in [0.25, 0.3) is 0 Å². The standard InChI is InChI=1S/C22H28BrNO3/c1-15-9-16(2)22(17(3)10-15)27-14-20(25)12-24-7-8-26-21(13-24)18-5-4-6-19(23)11-18/h4-6,9-11,20-21,25H,7-8,12-14H2,1-3H3. The number of aryl methyl sites for hydroxylation is 3. The number of aliphatic hydroxyl groups is 1. The van der Waals surface area contributed by atoms with Crippen molar-refractivity contribution in [2.75, 3.05) is 32.8 Å². The normalized spacial score (nSPS) is 19.1. The molecule has 1 fully saturated rings. The SMILES string of the molecule is Cc1cc(C)c(OCC(O)CN2CCOC(c3cccc(Br)c3)C2)c(C)c1. The zero-order valence-electron chi connectivity index (χ0n) is 16.2. The Balaban J connectivity index is 1.54. The molecule has 2 unspecified atom stereocenters. The number of hydrogen-bond donors (Lipinski definition) is 1. The van der Waals surface area contributed by atoms with E-state index in [0.717, 1.165) is 40.0 Å². The molecule has 1 aliphatic rings. The third kappa shape index (κ3) is 5.55. The largest absolute Gasteiger partial charge is 0.490 e. The third-order valence-corrected chi connectivity index (χ3v) is 5.36. The zero-order chi connectivity index (χ0) is 19.4. The van der Waals surface area contributed by atoms with Gasteiger partial charge in [0, 0.05) is 24.1 Å². The molecule has 0 radical (unpaired) electrons. The second-order valence-corrected chi connectivity index (χ2v) is 8.28. The van der Waals surface area contributed by atoms with Crippen molar-refractivity contribution in [3.63, 3.8) is 0 Å². The van der Waals surface area contributed by atoms with Gasteiger partial charge in [0.2, 0.25) is 0 Å². The molecule has 5 heteroatoms. The van der Waals surface area contributed by atoms with Crippen LogP contribution in [-0.4, -0.2) is 49.0 Å². The highest BCUT2D eigenvalue weighted by Gasteiger charge is 2.24. The number of benzene rings is 2. The highest BCUT2D eigenvalue weighted by molar-refractivity contribution is 9.10. The van der Waals surface area contributed by atoms with Crippen LogP contribution in [0.5, 0.6) is 5.75 Å². The van der Waals surface area contributed by atoms with Crippen LogP contribution >= 0.6 is 15.9 Å². The molecule has 27 heavy (non-hydrogen) atoms. The van der Waals surface area contributed by atoms with Gasteiger partial charge in [-0.05, 0) is 49.6 Å². The Labute approximate surface area is 170 Å². The van der Waals surface area contributed by atoms with Crippen LogP contribution < -0.4 is 4.74 Å². The Morgan fingerprint density at radius 1 is 1.22 bits per heavy atom. The summed E-state index contributed by atoms with van der Waals surface area (Å²) in [6.45, 7) is 9.32. The minimum absolute atomic E-state index is 0.0333. The van der Waals surface area contributed by atoms with Crippen LogP contribution in [0.2, 0.25) is 0 Å². The van der Waals surface area contributed by atoms with E-state index in [2.05, 4.69) is 52.0 Å². The quantitative estimate of drug-likeness (QED) is 0.741. The van der Waals surface area contributed by atoms with Gasteiger partial charge in [-0.2, -0.15) is 0 Å². The lowest BCUT2D eigenvalue weighted by Crippen LogP contribution is -2.43. The van der Waals surface area contributed by atoms with Crippen molar-refractivity contribution >= 4 is 15.9 Å². The van der Waals surface area contributed by atoms with Gasteiger partial charge in [-0.25, -0.2) is 0 Å². The first-order valence-corrected chi connectivity index (χ1v) is 10.2. The van der Waals surface area contributed by atoms with Crippen molar-refractivity contribution in [2.45, 2.75) is 33.0 Å². The molecule has 0 bridgehead atoms. The van der Waals surface area contributed by atoms with E-state index < -0.39 is 6.10 Å². The molecule has 2 atom stereocenters. The van der Waals surface area contributed by atoms with Crippen molar-refractivity contribution < 1.29 is 14.6 Å². The molecule has 4 nitrogen and oxygen atoms in total. The number of rotatable bonds is 6. The minimum atomic E-state index is -0.536. The van der Waals surface area contributed by atoms with Crippen molar-refractivity contribution in [1.82, 2.24) is 4.90 Å². The van der Waals surface area contributed by atoms with E-state index in [1.807, 2.05) is 26.0 Å².